The highest BCUT2D eigenvalue weighted by molar-refractivity contribution is 5.78. The van der Waals surface area contributed by atoms with Crippen LogP contribution in [0.1, 0.15) is 35.7 Å². The van der Waals surface area contributed by atoms with E-state index >= 15 is 0 Å². The third-order valence-electron chi connectivity index (χ3n) is 5.30. The van der Waals surface area contributed by atoms with Gasteiger partial charge in [0.25, 0.3) is 5.56 Å². The average Bonchev–Trinajstić information content (AvgIpc) is 2.75. The van der Waals surface area contributed by atoms with Crippen molar-refractivity contribution in [2.45, 2.75) is 47.2 Å². The smallest absolute Gasteiger partial charge is 0.272 e. The Balaban J connectivity index is 1.70. The summed E-state index contributed by atoms with van der Waals surface area (Å²) in [7, 11) is 1.59. The highest BCUT2D eigenvalue weighted by Crippen LogP contribution is 2.28. The van der Waals surface area contributed by atoms with Gasteiger partial charge in [-0.1, -0.05) is 6.07 Å². The van der Waals surface area contributed by atoms with Gasteiger partial charge in [-0.2, -0.15) is 0 Å². The maximum Gasteiger partial charge on any atom is 0.272 e. The molecule has 1 heterocycles. The molecule has 2 aromatic carbocycles. The minimum atomic E-state index is -0.167. The first-order valence-corrected chi connectivity index (χ1v) is 10.4. The lowest BCUT2D eigenvalue weighted by atomic mass is 10.1. The number of methoxy groups -OCH3 is 1. The Morgan fingerprint density at radius 2 is 1.84 bits per heavy atom. The minimum Gasteiger partial charge on any atom is -0.493 e. The second kappa shape index (κ2) is 9.64. The van der Waals surface area contributed by atoms with Gasteiger partial charge in [0.2, 0.25) is 5.91 Å². The second-order valence-electron chi connectivity index (χ2n) is 7.52. The molecule has 1 aromatic heterocycles. The van der Waals surface area contributed by atoms with Gasteiger partial charge in [0.05, 0.1) is 24.8 Å². The average molecular weight is 424 g/mol. The van der Waals surface area contributed by atoms with Crippen molar-refractivity contribution in [2.24, 2.45) is 0 Å². The number of aromatic nitrogens is 2. The monoisotopic (exact) mass is 423 g/mol. The first-order valence-electron chi connectivity index (χ1n) is 10.4. The van der Waals surface area contributed by atoms with Crippen molar-refractivity contribution >= 4 is 16.9 Å². The summed E-state index contributed by atoms with van der Waals surface area (Å²) in [6.45, 7) is 8.84. The van der Waals surface area contributed by atoms with Gasteiger partial charge in [-0.05, 0) is 68.7 Å². The Bertz CT molecular complexity index is 1170. The molecule has 0 radical (unpaired) electrons. The number of rotatable bonds is 8. The maximum atomic E-state index is 12.7. The van der Waals surface area contributed by atoms with Crippen LogP contribution in [0.4, 0.5) is 0 Å². The van der Waals surface area contributed by atoms with Gasteiger partial charge in [-0.3, -0.25) is 9.59 Å². The van der Waals surface area contributed by atoms with Gasteiger partial charge >= 0.3 is 0 Å². The van der Waals surface area contributed by atoms with Crippen molar-refractivity contribution < 1.29 is 14.3 Å². The highest BCUT2D eigenvalue weighted by Gasteiger charge is 2.12. The summed E-state index contributed by atoms with van der Waals surface area (Å²) in [6.07, 6.45) is 0.194. The summed E-state index contributed by atoms with van der Waals surface area (Å²) in [5, 5.41) is 2.91. The SMILES string of the molecule is CCOc1ccc(CNC(=O)CCn2c(=O)c(C)nc3cc(C)c(C)cc32)cc1OC. The fourth-order valence-electron chi connectivity index (χ4n) is 3.45. The topological polar surface area (TPSA) is 82.5 Å². The molecule has 0 fully saturated rings. The molecule has 0 spiro atoms. The van der Waals surface area contributed by atoms with Crippen LogP contribution in [0.5, 0.6) is 11.5 Å². The lowest BCUT2D eigenvalue weighted by Gasteiger charge is -2.14. The van der Waals surface area contributed by atoms with Crippen LogP contribution >= 0.6 is 0 Å². The summed E-state index contributed by atoms with van der Waals surface area (Å²) in [5.41, 5.74) is 4.89. The van der Waals surface area contributed by atoms with Crippen LogP contribution in [-0.4, -0.2) is 29.2 Å². The van der Waals surface area contributed by atoms with E-state index in [-0.39, 0.29) is 17.9 Å². The van der Waals surface area contributed by atoms with Crippen LogP contribution in [0.3, 0.4) is 0 Å². The number of benzene rings is 2. The fourth-order valence-corrected chi connectivity index (χ4v) is 3.45. The molecule has 164 valence electrons. The first kappa shape index (κ1) is 22.3. The minimum absolute atomic E-state index is 0.133. The van der Waals surface area contributed by atoms with Crippen LogP contribution in [0.25, 0.3) is 11.0 Å². The van der Waals surface area contributed by atoms with Gasteiger partial charge < -0.3 is 19.4 Å². The quantitative estimate of drug-likeness (QED) is 0.600. The first-order chi connectivity index (χ1) is 14.8. The summed E-state index contributed by atoms with van der Waals surface area (Å²) >= 11 is 0. The number of fused-ring (bicyclic) bond motifs is 1. The third kappa shape index (κ3) is 5.05. The molecule has 0 aliphatic rings. The second-order valence-corrected chi connectivity index (χ2v) is 7.52. The number of nitrogens with one attached hydrogen (secondary N) is 1. The molecule has 1 amide bonds. The van der Waals surface area contributed by atoms with E-state index in [4.69, 9.17) is 9.47 Å². The number of ether oxygens (including phenoxy) is 2. The molecule has 3 aromatic rings. The number of carbonyl (C=O) groups excluding carboxylic acids is 1. The van der Waals surface area contributed by atoms with Crippen LogP contribution in [0.2, 0.25) is 0 Å². The van der Waals surface area contributed by atoms with Gasteiger partial charge in [0, 0.05) is 19.5 Å². The van der Waals surface area contributed by atoms with Crippen LogP contribution < -0.4 is 20.3 Å². The summed E-state index contributed by atoms with van der Waals surface area (Å²) in [4.78, 5) is 29.6. The zero-order chi connectivity index (χ0) is 22.5. The molecule has 31 heavy (non-hydrogen) atoms. The number of nitrogens with zero attached hydrogens (tertiary/aromatic N) is 2. The zero-order valence-corrected chi connectivity index (χ0v) is 18.7. The van der Waals surface area contributed by atoms with E-state index in [0.29, 0.717) is 36.9 Å². The fraction of sp³-hybridized carbons (Fsp3) is 0.375. The number of aryl methyl sites for hydroxylation is 4. The van der Waals surface area contributed by atoms with Crippen LogP contribution in [0, 0.1) is 20.8 Å². The lowest BCUT2D eigenvalue weighted by Crippen LogP contribution is -2.29. The molecule has 0 unspecified atom stereocenters. The molecule has 1 N–H and O–H groups in total. The van der Waals surface area contributed by atoms with Gasteiger partial charge in [0.1, 0.15) is 5.69 Å². The standard InChI is InChI=1S/C24H29N3O4/c1-6-31-21-8-7-18(13-22(21)30-5)14-25-23(28)9-10-27-20-12-16(3)15(2)11-19(20)26-17(4)24(27)29/h7-8,11-13H,6,9-10,14H2,1-5H3,(H,25,28). The maximum absolute atomic E-state index is 12.7. The summed E-state index contributed by atoms with van der Waals surface area (Å²) in [5.74, 6) is 1.17. The number of carbonyl (C=O) groups is 1. The number of hydrogen-bond donors (Lipinski definition) is 1. The zero-order valence-electron chi connectivity index (χ0n) is 18.7. The Labute approximate surface area is 182 Å². The van der Waals surface area contributed by atoms with E-state index < -0.39 is 0 Å². The Hall–Kier alpha value is -3.35. The molecule has 0 bridgehead atoms. The van der Waals surface area contributed by atoms with E-state index in [1.165, 1.54) is 0 Å². The van der Waals surface area contributed by atoms with Crippen molar-refractivity contribution in [3.8, 4) is 11.5 Å². The van der Waals surface area contributed by atoms with Gasteiger partial charge in [0.15, 0.2) is 11.5 Å². The normalized spacial score (nSPS) is 10.9. The Morgan fingerprint density at radius 1 is 1.10 bits per heavy atom. The molecule has 0 aliphatic heterocycles. The molecular formula is C24H29N3O4. The number of amides is 1. The molecule has 3 rings (SSSR count). The van der Waals surface area contributed by atoms with E-state index in [1.54, 1.807) is 18.6 Å². The van der Waals surface area contributed by atoms with Crippen molar-refractivity contribution in [3.05, 3.63) is 63.1 Å². The van der Waals surface area contributed by atoms with E-state index in [9.17, 15) is 9.59 Å². The van der Waals surface area contributed by atoms with Crippen LogP contribution in [-0.2, 0) is 17.9 Å². The van der Waals surface area contributed by atoms with Crippen molar-refractivity contribution in [1.82, 2.24) is 14.9 Å². The third-order valence-corrected chi connectivity index (χ3v) is 5.30. The van der Waals surface area contributed by atoms with Crippen LogP contribution in [0.15, 0.2) is 35.1 Å². The molecule has 7 heteroatoms. The highest BCUT2D eigenvalue weighted by atomic mass is 16.5. The van der Waals surface area contributed by atoms with Gasteiger partial charge in [-0.15, -0.1) is 0 Å². The van der Waals surface area contributed by atoms with Crippen molar-refractivity contribution in [1.29, 1.82) is 0 Å². The largest absolute Gasteiger partial charge is 0.493 e. The summed E-state index contributed by atoms with van der Waals surface area (Å²) in [6, 6.07) is 9.51. The molecule has 0 aliphatic carbocycles. The molecular weight excluding hydrogens is 394 g/mol. The van der Waals surface area contributed by atoms with Crippen molar-refractivity contribution in [3.63, 3.8) is 0 Å². The summed E-state index contributed by atoms with van der Waals surface area (Å²) < 4.78 is 12.5. The predicted octanol–water partition coefficient (Wildman–Crippen LogP) is 3.44. The number of hydrogen-bond acceptors (Lipinski definition) is 5. The Kier molecular flexibility index (Phi) is 6.95. The molecule has 0 atom stereocenters. The molecule has 0 saturated carbocycles. The van der Waals surface area contributed by atoms with E-state index in [1.807, 2.05) is 51.1 Å². The lowest BCUT2D eigenvalue weighted by molar-refractivity contribution is -0.121. The predicted molar refractivity (Wildman–Crippen MR) is 121 cm³/mol. The molecule has 0 saturated heterocycles. The molecule has 7 nitrogen and oxygen atoms in total. The van der Waals surface area contributed by atoms with Crippen molar-refractivity contribution in [2.75, 3.05) is 13.7 Å². The van der Waals surface area contributed by atoms with Gasteiger partial charge in [-0.25, -0.2) is 4.98 Å². The van der Waals surface area contributed by atoms with E-state index in [0.717, 1.165) is 27.7 Å². The van der Waals surface area contributed by atoms with E-state index in [2.05, 4.69) is 10.3 Å². The Morgan fingerprint density at radius 3 is 2.55 bits per heavy atom.